The van der Waals surface area contributed by atoms with Gasteiger partial charge in [0.15, 0.2) is 0 Å². The Kier molecular flexibility index (Phi) is 5.22. The van der Waals surface area contributed by atoms with Crippen molar-refractivity contribution < 1.29 is 9.84 Å². The Balaban J connectivity index is 1.17. The van der Waals surface area contributed by atoms with Gasteiger partial charge in [0.05, 0.1) is 12.7 Å². The smallest absolute Gasteiger partial charge is 0.0900 e. The predicted molar refractivity (Wildman–Crippen MR) is 96.9 cm³/mol. The predicted octanol–water partition coefficient (Wildman–Crippen LogP) is 3.84. The summed E-state index contributed by atoms with van der Waals surface area (Å²) >= 11 is 0. The van der Waals surface area contributed by atoms with E-state index in [9.17, 15) is 5.11 Å². The van der Waals surface area contributed by atoms with Crippen LogP contribution in [0, 0.1) is 23.2 Å². The van der Waals surface area contributed by atoms with E-state index in [2.05, 4.69) is 11.8 Å². The summed E-state index contributed by atoms with van der Waals surface area (Å²) in [5.74, 6) is 3.09. The van der Waals surface area contributed by atoms with Gasteiger partial charge >= 0.3 is 0 Å². The number of nitrogens with zero attached hydrogens (tertiary/aromatic N) is 1. The van der Waals surface area contributed by atoms with E-state index in [1.165, 1.54) is 64.2 Å². The zero-order valence-corrected chi connectivity index (χ0v) is 15.6. The maximum atomic E-state index is 10.3. The van der Waals surface area contributed by atoms with Crippen LogP contribution in [0.1, 0.15) is 71.1 Å². The van der Waals surface area contributed by atoms with Crippen molar-refractivity contribution in [3.05, 3.63) is 0 Å². The fourth-order valence-corrected chi connectivity index (χ4v) is 6.86. The van der Waals surface area contributed by atoms with E-state index in [-0.39, 0.29) is 6.10 Å². The Morgan fingerprint density at radius 2 is 1.75 bits per heavy atom. The fraction of sp³-hybridized carbons (Fsp3) is 1.00. The number of β-amino-alcohol motifs (C(OH)–C–C–N with tert-alkyl or cyclic N) is 1. The lowest BCUT2D eigenvalue weighted by molar-refractivity contribution is -0.0746. The molecule has 1 aliphatic heterocycles. The van der Waals surface area contributed by atoms with Crippen molar-refractivity contribution in [2.24, 2.45) is 23.2 Å². The zero-order valence-electron chi connectivity index (χ0n) is 15.6. The minimum atomic E-state index is -0.318. The van der Waals surface area contributed by atoms with Gasteiger partial charge in [0, 0.05) is 19.2 Å². The quantitative estimate of drug-likeness (QED) is 0.718. The average Bonchev–Trinajstić information content (AvgIpc) is 2.53. The van der Waals surface area contributed by atoms with Crippen molar-refractivity contribution in [2.75, 3.05) is 26.3 Å². The second-order valence-electron chi connectivity index (χ2n) is 9.74. The first-order chi connectivity index (χ1) is 11.6. The Labute approximate surface area is 148 Å². The molecule has 0 unspecified atom stereocenters. The molecule has 4 bridgehead atoms. The third-order valence-corrected chi connectivity index (χ3v) is 7.64. The average molecular weight is 336 g/mol. The van der Waals surface area contributed by atoms with Crippen LogP contribution >= 0.6 is 0 Å². The number of rotatable bonds is 7. The normalized spacial score (nSPS) is 43.2. The van der Waals surface area contributed by atoms with E-state index >= 15 is 0 Å². The van der Waals surface area contributed by atoms with Gasteiger partial charge in [0.1, 0.15) is 0 Å². The number of aliphatic hydroxyl groups is 1. The van der Waals surface area contributed by atoms with E-state index in [1.807, 2.05) is 0 Å². The van der Waals surface area contributed by atoms with Gasteiger partial charge in [0.2, 0.25) is 0 Å². The summed E-state index contributed by atoms with van der Waals surface area (Å²) in [5, 5.41) is 10.3. The molecule has 1 saturated heterocycles. The fourth-order valence-electron chi connectivity index (χ4n) is 6.86. The van der Waals surface area contributed by atoms with E-state index in [4.69, 9.17) is 4.74 Å². The van der Waals surface area contributed by atoms with Crippen LogP contribution in [0.5, 0.6) is 0 Å². The lowest BCUT2D eigenvalue weighted by Crippen LogP contribution is -2.46. The van der Waals surface area contributed by atoms with Crippen LogP contribution in [0.15, 0.2) is 0 Å². The molecule has 0 aromatic rings. The molecule has 0 amide bonds. The van der Waals surface area contributed by atoms with Gasteiger partial charge in [-0.3, -0.25) is 4.90 Å². The lowest BCUT2D eigenvalue weighted by atomic mass is 9.49. The number of ether oxygens (including phenoxy) is 1. The molecular formula is C21H37NO2. The molecule has 0 aromatic heterocycles. The molecule has 5 aliphatic rings. The van der Waals surface area contributed by atoms with Gasteiger partial charge in [-0.15, -0.1) is 0 Å². The molecule has 3 heteroatoms. The van der Waals surface area contributed by atoms with Gasteiger partial charge in [-0.25, -0.2) is 0 Å². The standard InChI is InChI=1S/C21H37NO2/c1-16-4-2-3-6-22(16)14-20(23)15-24-7-5-21-11-17-8-18(12-21)10-19(9-17)13-21/h16-20,23H,2-15H2,1H3/t16-,17?,18?,19?,20+,21?/m0/s1. The second-order valence-corrected chi connectivity index (χ2v) is 9.74. The van der Waals surface area contributed by atoms with Gasteiger partial charge < -0.3 is 9.84 Å². The van der Waals surface area contributed by atoms with E-state index in [0.29, 0.717) is 18.1 Å². The minimum absolute atomic E-state index is 0.318. The first-order valence-corrected chi connectivity index (χ1v) is 10.6. The minimum Gasteiger partial charge on any atom is -0.389 e. The van der Waals surface area contributed by atoms with Gasteiger partial charge in [-0.05, 0) is 94.4 Å². The summed E-state index contributed by atoms with van der Waals surface area (Å²) in [4.78, 5) is 2.44. The molecule has 4 saturated carbocycles. The van der Waals surface area contributed by atoms with Crippen LogP contribution in [0.2, 0.25) is 0 Å². The molecule has 0 radical (unpaired) electrons. The first kappa shape index (κ1) is 17.3. The SMILES string of the molecule is C[C@H]1CCCCN1C[C@@H](O)COCCC12CC3CC(CC(C3)C1)C2. The Morgan fingerprint density at radius 3 is 2.38 bits per heavy atom. The maximum Gasteiger partial charge on any atom is 0.0900 e. The van der Waals surface area contributed by atoms with E-state index in [0.717, 1.165) is 37.5 Å². The number of piperidine rings is 1. The molecule has 3 nitrogen and oxygen atoms in total. The van der Waals surface area contributed by atoms with E-state index in [1.54, 1.807) is 0 Å². The van der Waals surface area contributed by atoms with Gasteiger partial charge in [-0.2, -0.15) is 0 Å². The molecule has 5 fully saturated rings. The molecule has 138 valence electrons. The van der Waals surface area contributed by atoms with Crippen LogP contribution in [0.3, 0.4) is 0 Å². The highest BCUT2D eigenvalue weighted by atomic mass is 16.5. The highest BCUT2D eigenvalue weighted by molar-refractivity contribution is 5.01. The molecular weight excluding hydrogens is 298 g/mol. The summed E-state index contributed by atoms with van der Waals surface area (Å²) in [6, 6.07) is 0.625. The monoisotopic (exact) mass is 335 g/mol. The highest BCUT2D eigenvalue weighted by Crippen LogP contribution is 2.61. The van der Waals surface area contributed by atoms with Crippen molar-refractivity contribution in [2.45, 2.75) is 83.3 Å². The third kappa shape index (κ3) is 3.83. The molecule has 24 heavy (non-hydrogen) atoms. The second kappa shape index (κ2) is 7.25. The lowest BCUT2D eigenvalue weighted by Gasteiger charge is -2.57. The van der Waals surface area contributed by atoms with Crippen LogP contribution in [0.25, 0.3) is 0 Å². The summed E-state index contributed by atoms with van der Waals surface area (Å²) in [5.41, 5.74) is 0.612. The van der Waals surface area contributed by atoms with Crippen LogP contribution in [0.4, 0.5) is 0 Å². The Morgan fingerprint density at radius 1 is 1.08 bits per heavy atom. The van der Waals surface area contributed by atoms with Gasteiger partial charge in [0.25, 0.3) is 0 Å². The highest BCUT2D eigenvalue weighted by Gasteiger charge is 2.50. The zero-order chi connectivity index (χ0) is 16.6. The summed E-state index contributed by atoms with van der Waals surface area (Å²) < 4.78 is 5.93. The van der Waals surface area contributed by atoms with Gasteiger partial charge in [-0.1, -0.05) is 6.42 Å². The Hall–Kier alpha value is -0.120. The maximum absolute atomic E-state index is 10.3. The molecule has 2 atom stereocenters. The molecule has 1 N–H and O–H groups in total. The molecule has 0 aromatic carbocycles. The molecule has 1 heterocycles. The van der Waals surface area contributed by atoms with Crippen LogP contribution in [-0.2, 0) is 4.74 Å². The topological polar surface area (TPSA) is 32.7 Å². The van der Waals surface area contributed by atoms with Crippen molar-refractivity contribution in [1.29, 1.82) is 0 Å². The third-order valence-electron chi connectivity index (χ3n) is 7.64. The number of hydrogen-bond acceptors (Lipinski definition) is 3. The summed E-state index contributed by atoms with van der Waals surface area (Å²) in [6.45, 7) is 5.61. The summed E-state index contributed by atoms with van der Waals surface area (Å²) in [7, 11) is 0. The first-order valence-electron chi connectivity index (χ1n) is 10.6. The number of hydrogen-bond donors (Lipinski definition) is 1. The van der Waals surface area contributed by atoms with Crippen molar-refractivity contribution in [3.63, 3.8) is 0 Å². The van der Waals surface area contributed by atoms with Crippen LogP contribution in [-0.4, -0.2) is 48.5 Å². The summed E-state index contributed by atoms with van der Waals surface area (Å²) in [6.07, 6.45) is 13.8. The molecule has 4 aliphatic carbocycles. The largest absolute Gasteiger partial charge is 0.389 e. The van der Waals surface area contributed by atoms with Crippen molar-refractivity contribution in [1.82, 2.24) is 4.90 Å². The van der Waals surface area contributed by atoms with E-state index < -0.39 is 0 Å². The molecule has 5 rings (SSSR count). The van der Waals surface area contributed by atoms with Crippen LogP contribution < -0.4 is 0 Å². The Bertz CT molecular complexity index is 389. The molecule has 0 spiro atoms. The van der Waals surface area contributed by atoms with Crippen molar-refractivity contribution >= 4 is 0 Å². The number of aliphatic hydroxyl groups excluding tert-OH is 1. The van der Waals surface area contributed by atoms with Crippen molar-refractivity contribution in [3.8, 4) is 0 Å². The number of likely N-dealkylation sites (tertiary alicyclic amines) is 1.